The minimum absolute atomic E-state index is 0.450. The molecule has 4 nitrogen and oxygen atoms in total. The van der Waals surface area contributed by atoms with Gasteiger partial charge >= 0.3 is 0 Å². The third-order valence-corrected chi connectivity index (χ3v) is 4.49. The smallest absolute Gasteiger partial charge is 0.136 e. The summed E-state index contributed by atoms with van der Waals surface area (Å²) < 4.78 is 0. The number of thiazole rings is 1. The Labute approximate surface area is 128 Å². The van der Waals surface area contributed by atoms with E-state index in [9.17, 15) is 0 Å². The second-order valence-electron chi connectivity index (χ2n) is 5.08. The zero-order valence-corrected chi connectivity index (χ0v) is 13.0. The summed E-state index contributed by atoms with van der Waals surface area (Å²) in [7, 11) is 2.06. The Hall–Kier alpha value is -1.98. The van der Waals surface area contributed by atoms with Gasteiger partial charge in [-0.2, -0.15) is 0 Å². The third kappa shape index (κ3) is 2.75. The van der Waals surface area contributed by atoms with Crippen LogP contribution in [0.15, 0.2) is 35.8 Å². The first kappa shape index (κ1) is 14.0. The van der Waals surface area contributed by atoms with Gasteiger partial charge in [0.2, 0.25) is 0 Å². The summed E-state index contributed by atoms with van der Waals surface area (Å²) in [6, 6.07) is 10.4. The lowest BCUT2D eigenvalue weighted by Gasteiger charge is -2.20. The number of hydrogen-bond acceptors (Lipinski definition) is 5. The lowest BCUT2D eigenvalue weighted by Crippen LogP contribution is -2.19. The molecule has 2 aromatic heterocycles. The van der Waals surface area contributed by atoms with Crippen LogP contribution in [-0.4, -0.2) is 17.0 Å². The second-order valence-corrected chi connectivity index (χ2v) is 6.02. The van der Waals surface area contributed by atoms with E-state index < -0.39 is 0 Å². The van der Waals surface area contributed by atoms with Gasteiger partial charge < -0.3 is 10.6 Å². The Morgan fingerprint density at radius 1 is 1.29 bits per heavy atom. The van der Waals surface area contributed by atoms with Crippen molar-refractivity contribution in [3.8, 4) is 0 Å². The molecule has 2 N–H and O–H groups in total. The molecule has 0 aliphatic carbocycles. The number of fused-ring (bicyclic) bond motifs is 1. The highest BCUT2D eigenvalue weighted by Crippen LogP contribution is 2.27. The molecule has 0 saturated heterocycles. The van der Waals surface area contributed by atoms with E-state index in [-0.39, 0.29) is 0 Å². The monoisotopic (exact) mass is 298 g/mol. The van der Waals surface area contributed by atoms with E-state index in [1.165, 1.54) is 10.3 Å². The second kappa shape index (κ2) is 5.79. The summed E-state index contributed by atoms with van der Waals surface area (Å²) in [5, 5.41) is 2.33. The fourth-order valence-electron chi connectivity index (χ4n) is 2.40. The SMILES string of the molecule is Cc1ncsc1CN(C)c1nc(CN)cc2ccccc12. The predicted octanol–water partition coefficient (Wildman–Crippen LogP) is 3.09. The summed E-state index contributed by atoms with van der Waals surface area (Å²) in [6.45, 7) is 3.30. The van der Waals surface area contributed by atoms with Gasteiger partial charge in [-0.15, -0.1) is 11.3 Å². The average molecular weight is 298 g/mol. The van der Waals surface area contributed by atoms with Gasteiger partial charge in [0.15, 0.2) is 0 Å². The first-order valence-electron chi connectivity index (χ1n) is 6.88. The molecule has 0 aliphatic rings. The molecule has 0 bridgehead atoms. The standard InChI is InChI=1S/C16H18N4S/c1-11-15(21-10-18-11)9-20(2)16-14-6-4-3-5-12(14)7-13(8-17)19-16/h3-7,10H,8-9,17H2,1-2H3. The average Bonchev–Trinajstić information content (AvgIpc) is 2.91. The molecule has 5 heteroatoms. The number of pyridine rings is 1. The topological polar surface area (TPSA) is 55.0 Å². The minimum Gasteiger partial charge on any atom is -0.354 e. The molecular weight excluding hydrogens is 280 g/mol. The van der Waals surface area contributed by atoms with Crippen molar-refractivity contribution in [2.75, 3.05) is 11.9 Å². The van der Waals surface area contributed by atoms with Gasteiger partial charge in [0.1, 0.15) is 5.82 Å². The normalized spacial score (nSPS) is 11.0. The van der Waals surface area contributed by atoms with Crippen molar-refractivity contribution < 1.29 is 0 Å². The Kier molecular flexibility index (Phi) is 3.86. The molecule has 0 fully saturated rings. The van der Waals surface area contributed by atoms with E-state index >= 15 is 0 Å². The van der Waals surface area contributed by atoms with Gasteiger partial charge in [-0.25, -0.2) is 9.97 Å². The molecule has 0 saturated carbocycles. The van der Waals surface area contributed by atoms with E-state index in [1.807, 2.05) is 24.6 Å². The number of nitrogens with zero attached hydrogens (tertiary/aromatic N) is 3. The molecule has 0 amide bonds. The maximum absolute atomic E-state index is 5.78. The number of aryl methyl sites for hydroxylation is 1. The number of benzene rings is 1. The van der Waals surface area contributed by atoms with Crippen molar-refractivity contribution in [3.05, 3.63) is 52.1 Å². The Morgan fingerprint density at radius 2 is 2.10 bits per heavy atom. The summed E-state index contributed by atoms with van der Waals surface area (Å²) in [5.74, 6) is 0.973. The minimum atomic E-state index is 0.450. The molecule has 108 valence electrons. The van der Waals surface area contributed by atoms with Crippen LogP contribution in [-0.2, 0) is 13.1 Å². The van der Waals surface area contributed by atoms with Crippen molar-refractivity contribution in [2.45, 2.75) is 20.0 Å². The van der Waals surface area contributed by atoms with Gasteiger partial charge in [-0.05, 0) is 18.4 Å². The van der Waals surface area contributed by atoms with Crippen molar-refractivity contribution in [1.82, 2.24) is 9.97 Å². The molecule has 0 aliphatic heterocycles. The molecule has 3 rings (SSSR count). The summed E-state index contributed by atoms with van der Waals surface area (Å²) in [4.78, 5) is 12.5. The number of nitrogens with two attached hydrogens (primary N) is 1. The predicted molar refractivity (Wildman–Crippen MR) is 88.6 cm³/mol. The maximum Gasteiger partial charge on any atom is 0.136 e. The van der Waals surface area contributed by atoms with E-state index in [1.54, 1.807) is 11.3 Å². The molecule has 0 unspecified atom stereocenters. The van der Waals surface area contributed by atoms with Crippen LogP contribution in [0.4, 0.5) is 5.82 Å². The highest BCUT2D eigenvalue weighted by atomic mass is 32.1. The third-order valence-electron chi connectivity index (χ3n) is 3.57. The largest absolute Gasteiger partial charge is 0.354 e. The Morgan fingerprint density at radius 3 is 2.81 bits per heavy atom. The first-order chi connectivity index (χ1) is 10.2. The van der Waals surface area contributed by atoms with Gasteiger partial charge in [-0.3, -0.25) is 0 Å². The van der Waals surface area contributed by atoms with Crippen LogP contribution in [0.25, 0.3) is 10.8 Å². The van der Waals surface area contributed by atoms with E-state index in [0.29, 0.717) is 6.54 Å². The molecular formula is C16H18N4S. The summed E-state index contributed by atoms with van der Waals surface area (Å²) in [5.41, 5.74) is 9.67. The number of aromatic nitrogens is 2. The van der Waals surface area contributed by atoms with Gasteiger partial charge in [0, 0.05) is 23.9 Å². The van der Waals surface area contributed by atoms with Crippen LogP contribution in [0.3, 0.4) is 0 Å². The quantitative estimate of drug-likeness (QED) is 0.804. The zero-order chi connectivity index (χ0) is 14.8. The van der Waals surface area contributed by atoms with Crippen LogP contribution in [0, 0.1) is 6.92 Å². The lowest BCUT2D eigenvalue weighted by molar-refractivity contribution is 0.889. The molecule has 21 heavy (non-hydrogen) atoms. The highest BCUT2D eigenvalue weighted by Gasteiger charge is 2.12. The van der Waals surface area contributed by atoms with Crippen LogP contribution < -0.4 is 10.6 Å². The summed E-state index contributed by atoms with van der Waals surface area (Å²) in [6.07, 6.45) is 0. The van der Waals surface area contributed by atoms with Crippen LogP contribution in [0.5, 0.6) is 0 Å². The molecule has 2 heterocycles. The molecule has 0 radical (unpaired) electrons. The van der Waals surface area contributed by atoms with Crippen LogP contribution >= 0.6 is 11.3 Å². The fourth-order valence-corrected chi connectivity index (χ4v) is 3.23. The first-order valence-corrected chi connectivity index (χ1v) is 7.76. The summed E-state index contributed by atoms with van der Waals surface area (Å²) >= 11 is 1.68. The van der Waals surface area contributed by atoms with Crippen LogP contribution in [0.2, 0.25) is 0 Å². The molecule has 0 atom stereocenters. The van der Waals surface area contributed by atoms with Gasteiger partial charge in [0.25, 0.3) is 0 Å². The molecule has 3 aromatic rings. The Balaban J connectivity index is 2.04. The van der Waals surface area contributed by atoms with Gasteiger partial charge in [-0.1, -0.05) is 24.3 Å². The van der Waals surface area contributed by atoms with Crippen molar-refractivity contribution in [3.63, 3.8) is 0 Å². The lowest BCUT2D eigenvalue weighted by atomic mass is 10.1. The van der Waals surface area contributed by atoms with E-state index in [0.717, 1.165) is 29.1 Å². The van der Waals surface area contributed by atoms with E-state index in [2.05, 4.69) is 35.1 Å². The van der Waals surface area contributed by atoms with Crippen molar-refractivity contribution >= 4 is 27.9 Å². The van der Waals surface area contributed by atoms with Crippen LogP contribution in [0.1, 0.15) is 16.3 Å². The Bertz CT molecular complexity index is 766. The number of rotatable bonds is 4. The zero-order valence-electron chi connectivity index (χ0n) is 12.2. The van der Waals surface area contributed by atoms with Gasteiger partial charge in [0.05, 0.1) is 23.4 Å². The van der Waals surface area contributed by atoms with Crippen molar-refractivity contribution in [2.24, 2.45) is 5.73 Å². The number of anilines is 1. The van der Waals surface area contributed by atoms with E-state index in [4.69, 9.17) is 10.7 Å². The van der Waals surface area contributed by atoms with Crippen molar-refractivity contribution in [1.29, 1.82) is 0 Å². The maximum atomic E-state index is 5.78. The fraction of sp³-hybridized carbons (Fsp3) is 0.250. The number of hydrogen-bond donors (Lipinski definition) is 1. The molecule has 1 aromatic carbocycles. The highest BCUT2D eigenvalue weighted by molar-refractivity contribution is 7.09. The molecule has 0 spiro atoms.